The molecule has 0 spiro atoms. The second-order valence-corrected chi connectivity index (χ2v) is 13.7. The van der Waals surface area contributed by atoms with Gasteiger partial charge in [0.05, 0.1) is 29.1 Å². The molecule has 1 fully saturated rings. The molecule has 1 aliphatic rings. The zero-order valence-electron chi connectivity index (χ0n) is 23.3. The van der Waals surface area contributed by atoms with Crippen LogP contribution < -0.4 is 0 Å². The molecule has 3 heterocycles. The fourth-order valence-electron chi connectivity index (χ4n) is 5.78. The van der Waals surface area contributed by atoms with Crippen LogP contribution in [0.4, 0.5) is 4.39 Å². The SMILES string of the molecule is COCC(C)(C)c1c(-c2ccc(C(=O)N3CC(S(C)(=O)=O)C3)cc2)c2cc3[nH]ncc3cc2n1-c1ccc(F)cc1. The van der Waals surface area contributed by atoms with Crippen molar-refractivity contribution in [1.29, 1.82) is 0 Å². The van der Waals surface area contributed by atoms with Crippen molar-refractivity contribution in [2.75, 3.05) is 33.1 Å². The first-order valence-corrected chi connectivity index (χ1v) is 15.3. The molecule has 5 aromatic rings. The van der Waals surface area contributed by atoms with Crippen LogP contribution in [-0.4, -0.2) is 72.3 Å². The first-order chi connectivity index (χ1) is 19.5. The topological polar surface area (TPSA) is 97.3 Å². The van der Waals surface area contributed by atoms with Crippen molar-refractivity contribution in [3.05, 3.63) is 83.9 Å². The van der Waals surface area contributed by atoms with Crippen LogP contribution >= 0.6 is 0 Å². The maximum Gasteiger partial charge on any atom is 0.253 e. The summed E-state index contributed by atoms with van der Waals surface area (Å²) in [5.74, 6) is -0.505. The Kier molecular flexibility index (Phi) is 6.50. The summed E-state index contributed by atoms with van der Waals surface area (Å²) in [6.45, 7) is 5.08. The van der Waals surface area contributed by atoms with Crippen molar-refractivity contribution in [1.82, 2.24) is 19.7 Å². The third-order valence-electron chi connectivity index (χ3n) is 7.92. The minimum atomic E-state index is -3.17. The monoisotopic (exact) mass is 574 g/mol. The molecule has 1 amide bonds. The lowest BCUT2D eigenvalue weighted by atomic mass is 9.84. The number of aromatic amines is 1. The van der Waals surface area contributed by atoms with Gasteiger partial charge in [0.2, 0.25) is 0 Å². The van der Waals surface area contributed by atoms with Crippen molar-refractivity contribution >= 4 is 37.6 Å². The molecule has 8 nitrogen and oxygen atoms in total. The molecule has 1 saturated heterocycles. The summed E-state index contributed by atoms with van der Waals surface area (Å²) in [5, 5.41) is 8.70. The number of hydrogen-bond donors (Lipinski definition) is 1. The van der Waals surface area contributed by atoms with Crippen LogP contribution in [0.2, 0.25) is 0 Å². The molecule has 1 N–H and O–H groups in total. The molecule has 0 atom stereocenters. The average Bonchev–Trinajstić information content (AvgIpc) is 3.48. The van der Waals surface area contributed by atoms with Crippen molar-refractivity contribution in [3.63, 3.8) is 0 Å². The molecule has 10 heteroatoms. The van der Waals surface area contributed by atoms with Gasteiger partial charge >= 0.3 is 0 Å². The third kappa shape index (κ3) is 4.70. The molecule has 0 saturated carbocycles. The molecule has 2 aromatic heterocycles. The first kappa shape index (κ1) is 27.2. The van der Waals surface area contributed by atoms with E-state index in [4.69, 9.17) is 4.74 Å². The second-order valence-electron chi connectivity index (χ2n) is 11.4. The van der Waals surface area contributed by atoms with Crippen LogP contribution in [-0.2, 0) is 20.0 Å². The Labute approximate surface area is 237 Å². The lowest BCUT2D eigenvalue weighted by molar-refractivity contribution is 0.0659. The average molecular weight is 575 g/mol. The van der Waals surface area contributed by atoms with Gasteiger partial charge < -0.3 is 14.2 Å². The highest BCUT2D eigenvalue weighted by Crippen LogP contribution is 2.44. The lowest BCUT2D eigenvalue weighted by Gasteiger charge is -2.38. The number of H-pyrrole nitrogens is 1. The number of amides is 1. The summed E-state index contributed by atoms with van der Waals surface area (Å²) in [6.07, 6.45) is 2.98. The minimum Gasteiger partial charge on any atom is -0.384 e. The number of nitrogens with one attached hydrogen (secondary N) is 1. The van der Waals surface area contributed by atoms with Crippen LogP contribution in [0.3, 0.4) is 0 Å². The van der Waals surface area contributed by atoms with E-state index in [2.05, 4.69) is 40.7 Å². The highest BCUT2D eigenvalue weighted by Gasteiger charge is 2.38. The number of carbonyl (C=O) groups is 1. The summed E-state index contributed by atoms with van der Waals surface area (Å²) in [7, 11) is -1.50. The van der Waals surface area contributed by atoms with Crippen LogP contribution in [0.25, 0.3) is 38.6 Å². The fraction of sp³-hybridized carbons (Fsp3) is 0.290. The number of rotatable bonds is 7. The van der Waals surface area contributed by atoms with Gasteiger partial charge in [-0.1, -0.05) is 26.0 Å². The number of likely N-dealkylation sites (tertiary alicyclic amines) is 1. The second kappa shape index (κ2) is 9.81. The first-order valence-electron chi connectivity index (χ1n) is 13.3. The van der Waals surface area contributed by atoms with Crippen LogP contribution in [0.15, 0.2) is 66.9 Å². The molecule has 0 bridgehead atoms. The zero-order valence-corrected chi connectivity index (χ0v) is 24.1. The molecular formula is C31H31FN4O4S. The number of halogens is 1. The largest absolute Gasteiger partial charge is 0.384 e. The van der Waals surface area contributed by atoms with Gasteiger partial charge in [0, 0.05) is 65.2 Å². The summed E-state index contributed by atoms with van der Waals surface area (Å²) < 4.78 is 45.4. The molecule has 0 unspecified atom stereocenters. The van der Waals surface area contributed by atoms with E-state index in [0.29, 0.717) is 12.2 Å². The van der Waals surface area contributed by atoms with Gasteiger partial charge in [0.15, 0.2) is 9.84 Å². The maximum atomic E-state index is 14.0. The molecular weight excluding hydrogens is 543 g/mol. The van der Waals surface area contributed by atoms with E-state index in [1.807, 2.05) is 12.1 Å². The number of methoxy groups -OCH3 is 1. The summed E-state index contributed by atoms with van der Waals surface area (Å²) >= 11 is 0. The van der Waals surface area contributed by atoms with Crippen LogP contribution in [0.5, 0.6) is 0 Å². The third-order valence-corrected chi connectivity index (χ3v) is 9.43. The number of nitrogens with zero attached hydrogens (tertiary/aromatic N) is 3. The van der Waals surface area contributed by atoms with Gasteiger partial charge in [0.1, 0.15) is 5.82 Å². The molecule has 3 aromatic carbocycles. The summed E-state index contributed by atoms with van der Waals surface area (Å²) in [5.41, 5.74) is 5.54. The fourth-order valence-corrected chi connectivity index (χ4v) is 6.68. The highest BCUT2D eigenvalue weighted by molar-refractivity contribution is 7.91. The van der Waals surface area contributed by atoms with Crippen molar-refractivity contribution in [2.45, 2.75) is 24.5 Å². The summed E-state index contributed by atoms with van der Waals surface area (Å²) in [4.78, 5) is 14.6. The Balaban J connectivity index is 1.53. The van der Waals surface area contributed by atoms with E-state index >= 15 is 0 Å². The normalized spacial score (nSPS) is 14.6. The zero-order chi connectivity index (χ0) is 29.1. The number of aromatic nitrogens is 3. The Morgan fingerprint density at radius 2 is 1.78 bits per heavy atom. The van der Waals surface area contributed by atoms with E-state index in [1.165, 1.54) is 18.4 Å². The number of hydrogen-bond acceptors (Lipinski definition) is 5. The van der Waals surface area contributed by atoms with Gasteiger partial charge in [-0.25, -0.2) is 12.8 Å². The molecule has 212 valence electrons. The quantitative estimate of drug-likeness (QED) is 0.292. The Bertz CT molecular complexity index is 1880. The van der Waals surface area contributed by atoms with E-state index in [-0.39, 0.29) is 24.8 Å². The van der Waals surface area contributed by atoms with Crippen molar-refractivity contribution < 1.29 is 22.3 Å². The predicted molar refractivity (Wildman–Crippen MR) is 158 cm³/mol. The number of ether oxygens (including phenoxy) is 1. The van der Waals surface area contributed by atoms with Crippen LogP contribution in [0, 0.1) is 5.82 Å². The molecule has 0 aliphatic carbocycles. The molecule has 0 radical (unpaired) electrons. The van der Waals surface area contributed by atoms with E-state index < -0.39 is 20.5 Å². The highest BCUT2D eigenvalue weighted by atomic mass is 32.2. The Morgan fingerprint density at radius 3 is 2.41 bits per heavy atom. The van der Waals surface area contributed by atoms with Crippen LogP contribution in [0.1, 0.15) is 29.9 Å². The molecule has 1 aliphatic heterocycles. The standard InChI is InChI=1S/C31H31FN4O4S/c1-31(2,18-40-3)29-28(19-5-7-20(8-6-19)30(37)35-16-24(17-35)41(4,38)39)25-14-26-21(15-33-34-26)13-27(25)36(29)23-11-9-22(32)10-12-23/h5-15,24H,16-18H2,1-4H3,(H,33,34). The number of carbonyl (C=O) groups excluding carboxylic acids is 1. The van der Waals surface area contributed by atoms with E-state index in [9.17, 15) is 17.6 Å². The van der Waals surface area contributed by atoms with Gasteiger partial charge in [-0.15, -0.1) is 0 Å². The summed E-state index contributed by atoms with van der Waals surface area (Å²) in [6, 6.07) is 18.0. The van der Waals surface area contributed by atoms with Crippen molar-refractivity contribution in [2.24, 2.45) is 0 Å². The minimum absolute atomic E-state index is 0.190. The molecule has 6 rings (SSSR count). The van der Waals surface area contributed by atoms with Gasteiger partial charge in [-0.3, -0.25) is 9.89 Å². The maximum absolute atomic E-state index is 14.0. The Hall–Kier alpha value is -4.02. The lowest BCUT2D eigenvalue weighted by Crippen LogP contribution is -2.56. The van der Waals surface area contributed by atoms with Crippen molar-refractivity contribution in [3.8, 4) is 16.8 Å². The van der Waals surface area contributed by atoms with E-state index in [1.54, 1.807) is 42.5 Å². The van der Waals surface area contributed by atoms with E-state index in [0.717, 1.165) is 44.3 Å². The smallest absolute Gasteiger partial charge is 0.253 e. The van der Waals surface area contributed by atoms with Gasteiger partial charge in [0.25, 0.3) is 5.91 Å². The van der Waals surface area contributed by atoms with Gasteiger partial charge in [-0.05, 0) is 54.1 Å². The van der Waals surface area contributed by atoms with Gasteiger partial charge in [-0.2, -0.15) is 5.10 Å². The number of fused-ring (bicyclic) bond motifs is 2. The predicted octanol–water partition coefficient (Wildman–Crippen LogP) is 5.11. The Morgan fingerprint density at radius 1 is 1.10 bits per heavy atom. The number of sulfone groups is 1. The molecule has 41 heavy (non-hydrogen) atoms. The number of benzene rings is 3.